The molecule has 0 unspecified atom stereocenters. The summed E-state index contributed by atoms with van der Waals surface area (Å²) in [5.74, 6) is 0.110. The number of carbonyl (C=O) groups excluding carboxylic acids is 1. The highest BCUT2D eigenvalue weighted by molar-refractivity contribution is 8.01. The van der Waals surface area contributed by atoms with Crippen LogP contribution in [-0.2, 0) is 4.79 Å². The molecule has 0 bridgehead atoms. The molecule has 1 N–H and O–H groups in total. The van der Waals surface area contributed by atoms with Gasteiger partial charge in [-0.2, -0.15) is 5.10 Å². The SMILES string of the molecule is Cc1ccccc1OCC(=O)NN=Cc1ccc(Sc2nc3ccc([N+](=O)[O-])cc3s2)c([N+](=O)[O-])c1. The molecule has 0 saturated carbocycles. The first-order valence-corrected chi connectivity index (χ1v) is 11.9. The fourth-order valence-electron chi connectivity index (χ4n) is 3.06. The van der Waals surface area contributed by atoms with Crippen LogP contribution in [0.25, 0.3) is 10.2 Å². The molecule has 182 valence electrons. The second-order valence-corrected chi connectivity index (χ2v) is 9.64. The predicted molar refractivity (Wildman–Crippen MR) is 136 cm³/mol. The van der Waals surface area contributed by atoms with Gasteiger partial charge in [0.15, 0.2) is 10.9 Å². The molecule has 4 aromatic rings. The van der Waals surface area contributed by atoms with Crippen LogP contribution in [0.15, 0.2) is 75.0 Å². The Labute approximate surface area is 212 Å². The van der Waals surface area contributed by atoms with Crippen LogP contribution in [0.4, 0.5) is 11.4 Å². The maximum atomic E-state index is 12.0. The van der Waals surface area contributed by atoms with Gasteiger partial charge in [0.1, 0.15) is 5.75 Å². The molecule has 0 aliphatic heterocycles. The molecule has 3 aromatic carbocycles. The molecule has 1 aromatic heterocycles. The molecule has 0 atom stereocenters. The quantitative estimate of drug-likeness (QED) is 0.181. The van der Waals surface area contributed by atoms with Gasteiger partial charge >= 0.3 is 0 Å². The zero-order chi connectivity index (χ0) is 25.7. The number of hydrazone groups is 1. The zero-order valence-electron chi connectivity index (χ0n) is 18.6. The predicted octanol–water partition coefficient (Wildman–Crippen LogP) is 5.10. The van der Waals surface area contributed by atoms with E-state index in [1.165, 1.54) is 35.8 Å². The number of thiazole rings is 1. The first-order valence-electron chi connectivity index (χ1n) is 10.3. The largest absolute Gasteiger partial charge is 0.483 e. The molecule has 0 aliphatic carbocycles. The van der Waals surface area contributed by atoms with Crippen LogP contribution in [0.5, 0.6) is 5.75 Å². The number of para-hydroxylation sites is 1. The minimum atomic E-state index is -0.521. The second-order valence-electron chi connectivity index (χ2n) is 7.32. The number of aromatic nitrogens is 1. The number of fused-ring (bicyclic) bond motifs is 1. The van der Waals surface area contributed by atoms with E-state index in [9.17, 15) is 25.0 Å². The summed E-state index contributed by atoms with van der Waals surface area (Å²) in [7, 11) is 0. The maximum absolute atomic E-state index is 12.0. The summed E-state index contributed by atoms with van der Waals surface area (Å²) in [5.41, 5.74) is 3.99. The van der Waals surface area contributed by atoms with Crippen molar-refractivity contribution in [2.24, 2.45) is 5.10 Å². The molecule has 0 fully saturated rings. The van der Waals surface area contributed by atoms with Crippen LogP contribution >= 0.6 is 23.1 Å². The first-order chi connectivity index (χ1) is 17.3. The Morgan fingerprint density at radius 1 is 1.14 bits per heavy atom. The van der Waals surface area contributed by atoms with E-state index >= 15 is 0 Å². The molecule has 0 aliphatic rings. The summed E-state index contributed by atoms with van der Waals surface area (Å²) in [5, 5.41) is 26.5. The standard InChI is InChI=1S/C23H17N5O6S2/c1-14-4-2-3-5-19(14)34-13-22(29)26-24-12-15-6-9-20(18(10-15)28(32)33)35-23-25-17-8-7-16(27(30)31)11-21(17)36-23/h2-12H,13H2,1H3,(H,26,29). The molecule has 1 amide bonds. The van der Waals surface area contributed by atoms with Gasteiger partial charge in [0, 0.05) is 23.8 Å². The average Bonchev–Trinajstić information content (AvgIpc) is 3.25. The van der Waals surface area contributed by atoms with Gasteiger partial charge in [0.05, 0.1) is 31.2 Å². The molecule has 0 saturated heterocycles. The maximum Gasteiger partial charge on any atom is 0.283 e. The Morgan fingerprint density at radius 2 is 1.94 bits per heavy atom. The third kappa shape index (κ3) is 6.00. The number of amides is 1. The number of benzene rings is 3. The van der Waals surface area contributed by atoms with Gasteiger partial charge in [-0.1, -0.05) is 36.0 Å². The van der Waals surface area contributed by atoms with E-state index in [1.807, 2.05) is 19.1 Å². The number of carbonyl (C=O) groups is 1. The highest BCUT2D eigenvalue weighted by atomic mass is 32.2. The van der Waals surface area contributed by atoms with E-state index in [1.54, 1.807) is 30.3 Å². The van der Waals surface area contributed by atoms with Crippen LogP contribution in [0.3, 0.4) is 0 Å². The zero-order valence-corrected chi connectivity index (χ0v) is 20.2. The van der Waals surface area contributed by atoms with Crippen molar-refractivity contribution in [2.75, 3.05) is 6.61 Å². The molecule has 0 radical (unpaired) electrons. The van der Waals surface area contributed by atoms with Crippen molar-refractivity contribution in [1.82, 2.24) is 10.4 Å². The number of ether oxygens (including phenoxy) is 1. The average molecular weight is 524 g/mol. The van der Waals surface area contributed by atoms with Crippen molar-refractivity contribution in [3.8, 4) is 5.75 Å². The third-order valence-electron chi connectivity index (χ3n) is 4.80. The summed E-state index contributed by atoms with van der Waals surface area (Å²) in [6.45, 7) is 1.63. The monoisotopic (exact) mass is 523 g/mol. The van der Waals surface area contributed by atoms with Crippen LogP contribution < -0.4 is 10.2 Å². The topological polar surface area (TPSA) is 150 Å². The summed E-state index contributed by atoms with van der Waals surface area (Å²) in [4.78, 5) is 38.3. The van der Waals surface area contributed by atoms with Crippen molar-refractivity contribution in [2.45, 2.75) is 16.2 Å². The number of hydrogen-bond donors (Lipinski definition) is 1. The Balaban J connectivity index is 1.42. The summed E-state index contributed by atoms with van der Waals surface area (Å²) in [6, 6.07) is 16.1. The lowest BCUT2D eigenvalue weighted by molar-refractivity contribution is -0.387. The van der Waals surface area contributed by atoms with Crippen LogP contribution in [-0.4, -0.2) is 33.6 Å². The van der Waals surface area contributed by atoms with E-state index < -0.39 is 15.8 Å². The normalized spacial score (nSPS) is 11.0. The van der Waals surface area contributed by atoms with Crippen LogP contribution in [0.2, 0.25) is 0 Å². The summed E-state index contributed by atoms with van der Waals surface area (Å²) >= 11 is 2.30. The number of nitrogens with zero attached hydrogens (tertiary/aromatic N) is 4. The van der Waals surface area contributed by atoms with E-state index in [0.717, 1.165) is 17.3 Å². The molecular weight excluding hydrogens is 506 g/mol. The van der Waals surface area contributed by atoms with Gasteiger partial charge in [-0.25, -0.2) is 10.4 Å². The smallest absolute Gasteiger partial charge is 0.283 e. The lowest BCUT2D eigenvalue weighted by atomic mass is 10.2. The third-order valence-corrected chi connectivity index (χ3v) is 6.94. The van der Waals surface area contributed by atoms with Gasteiger partial charge < -0.3 is 4.74 Å². The molecule has 0 spiro atoms. The number of rotatable bonds is 9. The van der Waals surface area contributed by atoms with E-state index in [-0.39, 0.29) is 18.0 Å². The van der Waals surface area contributed by atoms with Crippen molar-refractivity contribution < 1.29 is 19.4 Å². The fraction of sp³-hybridized carbons (Fsp3) is 0.0870. The van der Waals surface area contributed by atoms with E-state index in [4.69, 9.17) is 4.74 Å². The number of hydrogen-bond acceptors (Lipinski definition) is 10. The molecular formula is C23H17N5O6S2. The number of nitrogens with one attached hydrogen (secondary N) is 1. The Hall–Kier alpha value is -4.36. The Kier molecular flexibility index (Phi) is 7.51. The van der Waals surface area contributed by atoms with E-state index in [0.29, 0.717) is 30.8 Å². The molecule has 4 rings (SSSR count). The lowest BCUT2D eigenvalue weighted by Gasteiger charge is -2.07. The van der Waals surface area contributed by atoms with Crippen molar-refractivity contribution in [3.63, 3.8) is 0 Å². The lowest BCUT2D eigenvalue weighted by Crippen LogP contribution is -2.24. The van der Waals surface area contributed by atoms with Crippen molar-refractivity contribution >= 4 is 56.8 Å². The van der Waals surface area contributed by atoms with Crippen LogP contribution in [0.1, 0.15) is 11.1 Å². The summed E-state index contributed by atoms with van der Waals surface area (Å²) in [6.07, 6.45) is 1.30. The van der Waals surface area contributed by atoms with Crippen molar-refractivity contribution in [3.05, 3.63) is 92.0 Å². The second kappa shape index (κ2) is 10.9. The number of aryl methyl sites for hydroxylation is 1. The highest BCUT2D eigenvalue weighted by Crippen LogP contribution is 2.39. The van der Waals surface area contributed by atoms with Gasteiger partial charge in [-0.3, -0.25) is 25.0 Å². The molecule has 1 heterocycles. The molecule has 13 heteroatoms. The van der Waals surface area contributed by atoms with Gasteiger partial charge in [-0.15, -0.1) is 11.3 Å². The number of nitro benzene ring substituents is 2. The first kappa shape index (κ1) is 24.8. The molecule has 11 nitrogen and oxygen atoms in total. The van der Waals surface area contributed by atoms with Crippen LogP contribution in [0, 0.1) is 27.2 Å². The Bertz CT molecular complexity index is 1500. The summed E-state index contributed by atoms with van der Waals surface area (Å²) < 4.78 is 6.57. The van der Waals surface area contributed by atoms with E-state index in [2.05, 4.69) is 15.5 Å². The fourth-order valence-corrected chi connectivity index (χ4v) is 5.20. The number of non-ortho nitro benzene ring substituents is 1. The molecule has 36 heavy (non-hydrogen) atoms. The number of nitro groups is 2. The minimum absolute atomic E-state index is 0.0499. The van der Waals surface area contributed by atoms with Gasteiger partial charge in [0.2, 0.25) is 0 Å². The van der Waals surface area contributed by atoms with Crippen molar-refractivity contribution in [1.29, 1.82) is 0 Å². The highest BCUT2D eigenvalue weighted by Gasteiger charge is 2.18. The van der Waals surface area contributed by atoms with Gasteiger partial charge in [-0.05, 0) is 30.7 Å². The Morgan fingerprint density at radius 3 is 2.69 bits per heavy atom. The minimum Gasteiger partial charge on any atom is -0.483 e. The van der Waals surface area contributed by atoms with Gasteiger partial charge in [0.25, 0.3) is 17.3 Å².